The van der Waals surface area contributed by atoms with Crippen molar-refractivity contribution in [3.05, 3.63) is 83.9 Å². The molecule has 0 aliphatic heterocycles. The van der Waals surface area contributed by atoms with Crippen molar-refractivity contribution in [1.82, 2.24) is 0 Å². The number of rotatable bonds is 1. The van der Waals surface area contributed by atoms with E-state index >= 15 is 0 Å². The Balaban J connectivity index is 1.68. The van der Waals surface area contributed by atoms with Gasteiger partial charge in [-0.15, -0.1) is 0 Å². The van der Waals surface area contributed by atoms with Crippen molar-refractivity contribution in [2.45, 2.75) is 13.8 Å². The normalized spacial score (nSPS) is 11.9. The Hall–Kier alpha value is -3.52. The van der Waals surface area contributed by atoms with Crippen molar-refractivity contribution in [1.29, 1.82) is 0 Å². The predicted octanol–water partition coefficient (Wildman–Crippen LogP) is 7.77. The highest BCUT2D eigenvalue weighted by atomic mass is 16.3. The first-order chi connectivity index (χ1) is 13.7. The Morgan fingerprint density at radius 3 is 1.89 bits per heavy atom. The van der Waals surface area contributed by atoms with Crippen LogP contribution in [0.15, 0.2) is 81.6 Å². The first kappa shape index (κ1) is 15.5. The molecule has 0 N–H and O–H groups in total. The van der Waals surface area contributed by atoms with Crippen molar-refractivity contribution < 1.29 is 8.83 Å². The van der Waals surface area contributed by atoms with E-state index in [0.717, 1.165) is 60.7 Å². The summed E-state index contributed by atoms with van der Waals surface area (Å²) >= 11 is 0. The fourth-order valence-corrected chi connectivity index (χ4v) is 4.30. The minimum absolute atomic E-state index is 0.917. The van der Waals surface area contributed by atoms with Crippen molar-refractivity contribution in [3.63, 3.8) is 0 Å². The Labute approximate surface area is 162 Å². The van der Waals surface area contributed by atoms with Crippen LogP contribution in [0, 0.1) is 13.8 Å². The number of hydrogen-bond acceptors (Lipinski definition) is 2. The zero-order chi connectivity index (χ0) is 18.8. The van der Waals surface area contributed by atoms with Crippen molar-refractivity contribution in [2.24, 2.45) is 0 Å². The smallest absolute Gasteiger partial charge is 0.143 e. The molecule has 0 radical (unpaired) electrons. The van der Waals surface area contributed by atoms with E-state index in [0.29, 0.717) is 0 Å². The number of hydrogen-bond donors (Lipinski definition) is 0. The van der Waals surface area contributed by atoms with Gasteiger partial charge in [-0.1, -0.05) is 60.7 Å². The lowest BCUT2D eigenvalue weighted by molar-refractivity contribution is 0.665. The molecule has 28 heavy (non-hydrogen) atoms. The molecule has 134 valence electrons. The van der Waals surface area contributed by atoms with Crippen molar-refractivity contribution in [2.75, 3.05) is 0 Å². The highest BCUT2D eigenvalue weighted by Gasteiger charge is 2.15. The number of furan rings is 2. The van der Waals surface area contributed by atoms with Crippen LogP contribution in [-0.2, 0) is 0 Å². The first-order valence-electron chi connectivity index (χ1n) is 9.54. The summed E-state index contributed by atoms with van der Waals surface area (Å²) in [6.45, 7) is 4.18. The summed E-state index contributed by atoms with van der Waals surface area (Å²) < 4.78 is 12.4. The molecular weight excluding hydrogens is 344 g/mol. The van der Waals surface area contributed by atoms with Crippen LogP contribution in [0.2, 0.25) is 0 Å². The Morgan fingerprint density at radius 1 is 0.536 bits per heavy atom. The summed E-state index contributed by atoms with van der Waals surface area (Å²) in [4.78, 5) is 0. The molecule has 0 saturated heterocycles. The van der Waals surface area contributed by atoms with E-state index in [1.54, 1.807) is 0 Å². The minimum atomic E-state index is 0.917. The van der Waals surface area contributed by atoms with Crippen LogP contribution in [-0.4, -0.2) is 0 Å². The fourth-order valence-electron chi connectivity index (χ4n) is 4.30. The van der Waals surface area contributed by atoms with Gasteiger partial charge in [0.1, 0.15) is 22.3 Å². The van der Waals surface area contributed by atoms with Gasteiger partial charge in [0, 0.05) is 27.1 Å². The molecule has 6 rings (SSSR count). The molecule has 4 aromatic carbocycles. The second-order valence-corrected chi connectivity index (χ2v) is 7.50. The largest absolute Gasteiger partial charge is 0.456 e. The monoisotopic (exact) mass is 362 g/mol. The average molecular weight is 362 g/mol. The average Bonchev–Trinajstić information content (AvgIpc) is 3.28. The quantitative estimate of drug-likeness (QED) is 0.299. The van der Waals surface area contributed by atoms with Crippen LogP contribution < -0.4 is 0 Å². The van der Waals surface area contributed by atoms with Gasteiger partial charge >= 0.3 is 0 Å². The third-order valence-corrected chi connectivity index (χ3v) is 5.73. The molecule has 0 saturated carbocycles. The maximum absolute atomic E-state index is 6.35. The van der Waals surface area contributed by atoms with Crippen molar-refractivity contribution >= 4 is 43.9 Å². The lowest BCUT2D eigenvalue weighted by Crippen LogP contribution is -1.79. The van der Waals surface area contributed by atoms with Crippen LogP contribution >= 0.6 is 0 Å². The fraction of sp³-hybridized carbons (Fsp3) is 0.0769. The molecule has 2 heteroatoms. The molecule has 0 atom stereocenters. The lowest BCUT2D eigenvalue weighted by Gasteiger charge is -2.03. The van der Waals surface area contributed by atoms with Gasteiger partial charge in [-0.2, -0.15) is 0 Å². The molecule has 0 unspecified atom stereocenters. The van der Waals surface area contributed by atoms with E-state index in [9.17, 15) is 0 Å². The van der Waals surface area contributed by atoms with Crippen LogP contribution in [0.4, 0.5) is 0 Å². The maximum atomic E-state index is 6.35. The summed E-state index contributed by atoms with van der Waals surface area (Å²) in [6, 6.07) is 25.4. The van der Waals surface area contributed by atoms with Crippen LogP contribution in [0.3, 0.4) is 0 Å². The van der Waals surface area contributed by atoms with E-state index in [1.807, 2.05) is 0 Å². The number of benzene rings is 4. The molecule has 0 aliphatic carbocycles. The summed E-state index contributed by atoms with van der Waals surface area (Å²) in [5.74, 6) is 0. The molecule has 0 amide bonds. The Morgan fingerprint density at radius 2 is 1.14 bits per heavy atom. The number of aryl methyl sites for hydroxylation is 2. The predicted molar refractivity (Wildman–Crippen MR) is 116 cm³/mol. The van der Waals surface area contributed by atoms with E-state index in [4.69, 9.17) is 8.83 Å². The maximum Gasteiger partial charge on any atom is 0.143 e. The van der Waals surface area contributed by atoms with E-state index in [1.165, 1.54) is 5.39 Å². The highest BCUT2D eigenvalue weighted by molar-refractivity contribution is 6.12. The van der Waals surface area contributed by atoms with Gasteiger partial charge in [-0.05, 0) is 42.7 Å². The third kappa shape index (κ3) is 2.03. The summed E-state index contributed by atoms with van der Waals surface area (Å²) in [5.41, 5.74) is 8.35. The van der Waals surface area contributed by atoms with Gasteiger partial charge < -0.3 is 8.83 Å². The zero-order valence-corrected chi connectivity index (χ0v) is 15.7. The standard InChI is InChI=1S/C26H18O2/c1-15-6-4-10-21-22-14-17(12-13-23(22)27-24(15)21)18-8-5-11-20-19-9-3-7-16(2)25(19)28-26(18)20/h3-14H,1-2H3. The third-order valence-electron chi connectivity index (χ3n) is 5.73. The Bertz CT molecular complexity index is 1530. The van der Waals surface area contributed by atoms with E-state index in [-0.39, 0.29) is 0 Å². The lowest BCUT2D eigenvalue weighted by atomic mass is 10.00. The molecule has 0 fully saturated rings. The molecule has 0 spiro atoms. The zero-order valence-electron chi connectivity index (χ0n) is 15.7. The van der Waals surface area contributed by atoms with Gasteiger partial charge in [0.05, 0.1) is 0 Å². The number of para-hydroxylation sites is 3. The van der Waals surface area contributed by atoms with E-state index in [2.05, 4.69) is 86.6 Å². The van der Waals surface area contributed by atoms with Gasteiger partial charge in [-0.25, -0.2) is 0 Å². The van der Waals surface area contributed by atoms with Gasteiger partial charge in [0.25, 0.3) is 0 Å². The SMILES string of the molecule is Cc1cccc2c1oc1ccc(-c3cccc4c3oc3c(C)cccc34)cc12. The second-order valence-electron chi connectivity index (χ2n) is 7.50. The minimum Gasteiger partial charge on any atom is -0.456 e. The molecule has 0 bridgehead atoms. The van der Waals surface area contributed by atoms with E-state index < -0.39 is 0 Å². The number of fused-ring (bicyclic) bond motifs is 6. The van der Waals surface area contributed by atoms with Crippen molar-refractivity contribution in [3.8, 4) is 11.1 Å². The summed E-state index contributed by atoms with van der Waals surface area (Å²) in [7, 11) is 0. The first-order valence-corrected chi connectivity index (χ1v) is 9.54. The second kappa shape index (κ2) is 5.49. The topological polar surface area (TPSA) is 26.3 Å². The molecule has 6 aromatic rings. The molecule has 0 aliphatic rings. The Kier molecular flexibility index (Phi) is 3.05. The molecule has 2 aromatic heterocycles. The van der Waals surface area contributed by atoms with Gasteiger partial charge in [0.2, 0.25) is 0 Å². The van der Waals surface area contributed by atoms with Crippen LogP contribution in [0.25, 0.3) is 55.0 Å². The highest BCUT2D eigenvalue weighted by Crippen LogP contribution is 2.39. The summed E-state index contributed by atoms with van der Waals surface area (Å²) in [6.07, 6.45) is 0. The molecular formula is C26H18O2. The van der Waals surface area contributed by atoms with Gasteiger partial charge in [0.15, 0.2) is 0 Å². The van der Waals surface area contributed by atoms with Crippen LogP contribution in [0.1, 0.15) is 11.1 Å². The van der Waals surface area contributed by atoms with Gasteiger partial charge in [-0.3, -0.25) is 0 Å². The molecule has 2 nitrogen and oxygen atoms in total. The summed E-state index contributed by atoms with van der Waals surface area (Å²) in [5, 5.41) is 4.62. The molecule has 2 heterocycles. The van der Waals surface area contributed by atoms with Crippen LogP contribution in [0.5, 0.6) is 0 Å².